The van der Waals surface area contributed by atoms with Gasteiger partial charge in [0.05, 0.1) is 12.1 Å². The molecule has 0 aliphatic carbocycles. The molecule has 3 aromatic heterocycles. The average Bonchev–Trinajstić information content (AvgIpc) is 3.43. The standard InChI is InChI=1S/C24H23ClN4O2/c1-16-4-2-10-28-15-21(27-22(16)28)24(30)29-11-3-5-18(14-29)23-26-13-20(31-23)12-17-6-8-19(25)9-7-17/h2,4,6-10,13,15,18H,3,5,11-12,14H2,1H3. The fraction of sp³-hybridized carbons (Fsp3) is 0.292. The number of pyridine rings is 1. The number of fused-ring (bicyclic) bond motifs is 1. The van der Waals surface area contributed by atoms with Gasteiger partial charge in [0, 0.05) is 36.9 Å². The quantitative estimate of drug-likeness (QED) is 0.458. The maximum atomic E-state index is 13.1. The van der Waals surface area contributed by atoms with Crippen LogP contribution in [0.1, 0.15) is 52.0 Å². The molecule has 0 N–H and O–H groups in total. The van der Waals surface area contributed by atoms with E-state index in [9.17, 15) is 4.79 Å². The Kier molecular flexibility index (Phi) is 5.24. The van der Waals surface area contributed by atoms with Gasteiger partial charge in [0.15, 0.2) is 5.89 Å². The van der Waals surface area contributed by atoms with Gasteiger partial charge in [0.25, 0.3) is 5.91 Å². The molecule has 1 saturated heterocycles. The molecule has 1 aliphatic heterocycles. The van der Waals surface area contributed by atoms with E-state index in [2.05, 4.69) is 9.97 Å². The number of halogens is 1. The average molecular weight is 435 g/mol. The molecule has 0 saturated carbocycles. The summed E-state index contributed by atoms with van der Waals surface area (Å²) in [6, 6.07) is 11.7. The normalized spacial score (nSPS) is 16.7. The van der Waals surface area contributed by atoms with E-state index in [0.717, 1.165) is 46.9 Å². The fourth-order valence-electron chi connectivity index (χ4n) is 4.18. The minimum absolute atomic E-state index is 0.0410. The van der Waals surface area contributed by atoms with Crippen LogP contribution in [0.5, 0.6) is 0 Å². The lowest BCUT2D eigenvalue weighted by Gasteiger charge is -2.30. The maximum absolute atomic E-state index is 13.1. The fourth-order valence-corrected chi connectivity index (χ4v) is 4.30. The second-order valence-electron chi connectivity index (χ2n) is 8.11. The first-order valence-corrected chi connectivity index (χ1v) is 10.9. The van der Waals surface area contributed by atoms with E-state index in [0.29, 0.717) is 24.6 Å². The third-order valence-electron chi connectivity index (χ3n) is 5.82. The second-order valence-corrected chi connectivity index (χ2v) is 8.54. The number of carbonyl (C=O) groups excluding carboxylic acids is 1. The van der Waals surface area contributed by atoms with Crippen LogP contribution in [0.3, 0.4) is 0 Å². The van der Waals surface area contributed by atoms with E-state index in [1.807, 2.05) is 65.0 Å². The first kappa shape index (κ1) is 19.8. The zero-order valence-corrected chi connectivity index (χ0v) is 18.0. The number of carbonyl (C=O) groups is 1. The molecule has 1 unspecified atom stereocenters. The third kappa shape index (κ3) is 4.08. The summed E-state index contributed by atoms with van der Waals surface area (Å²) in [6.07, 6.45) is 8.05. The summed E-state index contributed by atoms with van der Waals surface area (Å²) in [4.78, 5) is 24.1. The van der Waals surface area contributed by atoms with Gasteiger partial charge in [-0.05, 0) is 49.1 Å². The first-order chi connectivity index (χ1) is 15.1. The number of nitrogens with zero attached hydrogens (tertiary/aromatic N) is 4. The van der Waals surface area contributed by atoms with Crippen molar-refractivity contribution in [1.82, 2.24) is 19.3 Å². The molecular formula is C24H23ClN4O2. The number of aromatic nitrogens is 3. The number of aryl methyl sites for hydroxylation is 1. The zero-order valence-electron chi connectivity index (χ0n) is 17.3. The van der Waals surface area contributed by atoms with Gasteiger partial charge >= 0.3 is 0 Å². The lowest BCUT2D eigenvalue weighted by atomic mass is 9.98. The summed E-state index contributed by atoms with van der Waals surface area (Å²) in [5, 5.41) is 0.717. The molecule has 0 bridgehead atoms. The van der Waals surface area contributed by atoms with Crippen LogP contribution in [-0.4, -0.2) is 38.3 Å². The molecule has 158 valence electrons. The number of oxazole rings is 1. The van der Waals surface area contributed by atoms with E-state index in [1.54, 1.807) is 6.20 Å². The van der Waals surface area contributed by atoms with Crippen molar-refractivity contribution in [2.45, 2.75) is 32.1 Å². The summed E-state index contributed by atoms with van der Waals surface area (Å²) in [5.74, 6) is 1.57. The zero-order chi connectivity index (χ0) is 21.4. The SMILES string of the molecule is Cc1cccn2cc(C(=O)N3CCCC(c4ncc(Cc5ccc(Cl)cc5)o4)C3)nc12. The lowest BCUT2D eigenvalue weighted by Crippen LogP contribution is -2.39. The monoisotopic (exact) mass is 434 g/mol. The highest BCUT2D eigenvalue weighted by Gasteiger charge is 2.29. The van der Waals surface area contributed by atoms with Crippen molar-refractivity contribution in [3.05, 3.63) is 88.5 Å². The van der Waals surface area contributed by atoms with E-state index < -0.39 is 0 Å². The Hall–Kier alpha value is -3.12. The molecule has 6 nitrogen and oxygen atoms in total. The van der Waals surface area contributed by atoms with E-state index in [4.69, 9.17) is 16.0 Å². The van der Waals surface area contributed by atoms with Crippen molar-refractivity contribution in [3.63, 3.8) is 0 Å². The molecule has 4 aromatic rings. The molecule has 7 heteroatoms. The summed E-state index contributed by atoms with van der Waals surface area (Å²) in [6.45, 7) is 3.31. The van der Waals surface area contributed by atoms with E-state index in [-0.39, 0.29) is 11.8 Å². The number of amides is 1. The molecule has 1 aliphatic rings. The molecule has 0 radical (unpaired) electrons. The van der Waals surface area contributed by atoms with Crippen LogP contribution in [-0.2, 0) is 6.42 Å². The largest absolute Gasteiger partial charge is 0.445 e. The maximum Gasteiger partial charge on any atom is 0.274 e. The number of benzene rings is 1. The highest BCUT2D eigenvalue weighted by molar-refractivity contribution is 6.30. The number of likely N-dealkylation sites (tertiary alicyclic amines) is 1. The summed E-state index contributed by atoms with van der Waals surface area (Å²) >= 11 is 5.96. The van der Waals surface area contributed by atoms with Crippen LogP contribution in [0.2, 0.25) is 5.02 Å². The van der Waals surface area contributed by atoms with Crippen LogP contribution in [0, 0.1) is 6.92 Å². The van der Waals surface area contributed by atoms with Crippen LogP contribution >= 0.6 is 11.6 Å². The summed E-state index contributed by atoms with van der Waals surface area (Å²) in [7, 11) is 0. The van der Waals surface area contributed by atoms with Gasteiger partial charge in [0.2, 0.25) is 0 Å². The summed E-state index contributed by atoms with van der Waals surface area (Å²) < 4.78 is 7.96. The van der Waals surface area contributed by atoms with Crippen molar-refractivity contribution in [2.24, 2.45) is 0 Å². The molecule has 1 aromatic carbocycles. The van der Waals surface area contributed by atoms with Gasteiger partial charge in [-0.3, -0.25) is 4.79 Å². The Morgan fingerprint density at radius 1 is 1.26 bits per heavy atom. The highest BCUT2D eigenvalue weighted by Crippen LogP contribution is 2.28. The van der Waals surface area contributed by atoms with Crippen molar-refractivity contribution in [3.8, 4) is 0 Å². The Bertz CT molecular complexity index is 1230. The second kappa shape index (κ2) is 8.19. The highest BCUT2D eigenvalue weighted by atomic mass is 35.5. The van der Waals surface area contributed by atoms with Gasteiger partial charge < -0.3 is 13.7 Å². The first-order valence-electron chi connectivity index (χ1n) is 10.5. The van der Waals surface area contributed by atoms with Gasteiger partial charge in [0.1, 0.15) is 17.1 Å². The number of imidazole rings is 1. The number of rotatable bonds is 4. The van der Waals surface area contributed by atoms with Crippen molar-refractivity contribution >= 4 is 23.2 Å². The number of hydrogen-bond donors (Lipinski definition) is 0. The molecule has 1 atom stereocenters. The van der Waals surface area contributed by atoms with Gasteiger partial charge in [-0.2, -0.15) is 0 Å². The minimum Gasteiger partial charge on any atom is -0.445 e. The Morgan fingerprint density at radius 3 is 2.90 bits per heavy atom. The molecule has 1 fully saturated rings. The van der Waals surface area contributed by atoms with Gasteiger partial charge in [-0.25, -0.2) is 9.97 Å². The summed E-state index contributed by atoms with van der Waals surface area (Å²) in [5.41, 5.74) is 3.46. The Balaban J connectivity index is 1.29. The number of hydrogen-bond acceptors (Lipinski definition) is 4. The Labute approximate surface area is 185 Å². The molecule has 1 amide bonds. The van der Waals surface area contributed by atoms with Gasteiger partial charge in [-0.15, -0.1) is 0 Å². The predicted molar refractivity (Wildman–Crippen MR) is 119 cm³/mol. The molecule has 0 spiro atoms. The predicted octanol–water partition coefficient (Wildman–Crippen LogP) is 4.89. The molecule has 31 heavy (non-hydrogen) atoms. The molecule has 4 heterocycles. The van der Waals surface area contributed by atoms with Crippen molar-refractivity contribution < 1.29 is 9.21 Å². The van der Waals surface area contributed by atoms with E-state index in [1.165, 1.54) is 0 Å². The van der Waals surface area contributed by atoms with Crippen LogP contribution in [0.4, 0.5) is 0 Å². The van der Waals surface area contributed by atoms with Crippen molar-refractivity contribution in [2.75, 3.05) is 13.1 Å². The van der Waals surface area contributed by atoms with Gasteiger partial charge in [-0.1, -0.05) is 29.8 Å². The molecular weight excluding hydrogens is 412 g/mol. The van der Waals surface area contributed by atoms with Crippen LogP contribution in [0.25, 0.3) is 5.65 Å². The number of piperidine rings is 1. The topological polar surface area (TPSA) is 63.6 Å². The minimum atomic E-state index is -0.0410. The lowest BCUT2D eigenvalue weighted by molar-refractivity contribution is 0.0692. The van der Waals surface area contributed by atoms with Crippen LogP contribution < -0.4 is 0 Å². The molecule has 5 rings (SSSR count). The smallest absolute Gasteiger partial charge is 0.274 e. The Morgan fingerprint density at radius 2 is 2.10 bits per heavy atom. The third-order valence-corrected chi connectivity index (χ3v) is 6.07. The van der Waals surface area contributed by atoms with Crippen LogP contribution in [0.15, 0.2) is 59.4 Å². The van der Waals surface area contributed by atoms with Crippen molar-refractivity contribution in [1.29, 1.82) is 0 Å². The van der Waals surface area contributed by atoms with E-state index >= 15 is 0 Å².